The molecule has 0 fully saturated rings. The molecule has 0 aliphatic heterocycles. The molecule has 3 rings (SSSR count). The SMILES string of the molecule is Nc1nc2cccnc2n1Cc1ccncn1. The van der Waals surface area contributed by atoms with Crippen LogP contribution in [-0.2, 0) is 6.54 Å². The van der Waals surface area contributed by atoms with Crippen molar-refractivity contribution in [2.45, 2.75) is 6.54 Å². The van der Waals surface area contributed by atoms with Crippen molar-refractivity contribution in [3.05, 3.63) is 42.6 Å². The first-order chi connectivity index (χ1) is 8.34. The topological polar surface area (TPSA) is 82.5 Å². The Labute approximate surface area is 97.2 Å². The largest absolute Gasteiger partial charge is 0.369 e. The predicted octanol–water partition coefficient (Wildman–Crippen LogP) is 0.852. The molecule has 84 valence electrons. The van der Waals surface area contributed by atoms with Crippen LogP contribution in [0, 0.1) is 0 Å². The summed E-state index contributed by atoms with van der Waals surface area (Å²) in [6, 6.07) is 5.56. The minimum Gasteiger partial charge on any atom is -0.369 e. The predicted molar refractivity (Wildman–Crippen MR) is 63.1 cm³/mol. The average Bonchev–Trinajstić information content (AvgIpc) is 2.68. The molecule has 3 aromatic heterocycles. The molecular weight excluding hydrogens is 216 g/mol. The number of nitrogens with zero attached hydrogens (tertiary/aromatic N) is 5. The van der Waals surface area contributed by atoms with Crippen molar-refractivity contribution in [2.24, 2.45) is 0 Å². The maximum Gasteiger partial charge on any atom is 0.202 e. The van der Waals surface area contributed by atoms with Gasteiger partial charge in [0.15, 0.2) is 5.65 Å². The Balaban J connectivity index is 2.08. The lowest BCUT2D eigenvalue weighted by atomic mass is 10.4. The number of nitrogens with two attached hydrogens (primary N) is 1. The highest BCUT2D eigenvalue weighted by molar-refractivity contribution is 5.73. The van der Waals surface area contributed by atoms with Crippen molar-refractivity contribution < 1.29 is 0 Å². The summed E-state index contributed by atoms with van der Waals surface area (Å²) in [6.45, 7) is 0.544. The van der Waals surface area contributed by atoms with Gasteiger partial charge in [-0.25, -0.2) is 19.9 Å². The standard InChI is InChI=1S/C11H10N6/c12-11-16-9-2-1-4-14-10(9)17(11)6-8-3-5-13-7-15-8/h1-5,7H,6H2,(H2,12,16). The molecule has 3 aromatic rings. The van der Waals surface area contributed by atoms with E-state index in [9.17, 15) is 0 Å². The molecule has 0 amide bonds. The minimum absolute atomic E-state index is 0.442. The lowest BCUT2D eigenvalue weighted by Gasteiger charge is -2.04. The maximum absolute atomic E-state index is 5.87. The number of imidazole rings is 1. The molecule has 2 N–H and O–H groups in total. The first-order valence-corrected chi connectivity index (χ1v) is 5.16. The molecular formula is C11H10N6. The van der Waals surface area contributed by atoms with Gasteiger partial charge in [-0.05, 0) is 18.2 Å². The normalized spacial score (nSPS) is 10.8. The van der Waals surface area contributed by atoms with Crippen molar-refractivity contribution in [3.8, 4) is 0 Å². The molecule has 0 radical (unpaired) electrons. The van der Waals surface area contributed by atoms with Gasteiger partial charge in [0.05, 0.1) is 12.2 Å². The Morgan fingerprint density at radius 1 is 1.18 bits per heavy atom. The van der Waals surface area contributed by atoms with E-state index in [1.54, 1.807) is 12.4 Å². The number of fused-ring (bicyclic) bond motifs is 1. The molecule has 0 saturated heterocycles. The third-order valence-corrected chi connectivity index (χ3v) is 2.50. The number of aromatic nitrogens is 5. The van der Waals surface area contributed by atoms with Crippen molar-refractivity contribution in [2.75, 3.05) is 5.73 Å². The molecule has 17 heavy (non-hydrogen) atoms. The molecule has 6 nitrogen and oxygen atoms in total. The second-order valence-corrected chi connectivity index (χ2v) is 3.60. The van der Waals surface area contributed by atoms with E-state index in [4.69, 9.17) is 5.73 Å². The summed E-state index contributed by atoms with van der Waals surface area (Å²) in [5.41, 5.74) is 8.30. The van der Waals surface area contributed by atoms with E-state index in [1.165, 1.54) is 6.33 Å². The molecule has 0 aromatic carbocycles. The monoisotopic (exact) mass is 226 g/mol. The Kier molecular flexibility index (Phi) is 2.18. The summed E-state index contributed by atoms with van der Waals surface area (Å²) in [7, 11) is 0. The van der Waals surface area contributed by atoms with Crippen LogP contribution in [-0.4, -0.2) is 24.5 Å². The fraction of sp³-hybridized carbons (Fsp3) is 0.0909. The Morgan fingerprint density at radius 3 is 2.94 bits per heavy atom. The van der Waals surface area contributed by atoms with Gasteiger partial charge >= 0.3 is 0 Å². The first-order valence-electron chi connectivity index (χ1n) is 5.16. The lowest BCUT2D eigenvalue weighted by Crippen LogP contribution is -2.06. The van der Waals surface area contributed by atoms with Crippen LogP contribution in [0.4, 0.5) is 5.95 Å². The van der Waals surface area contributed by atoms with E-state index < -0.39 is 0 Å². The van der Waals surface area contributed by atoms with E-state index in [0.29, 0.717) is 12.5 Å². The zero-order valence-electron chi connectivity index (χ0n) is 8.98. The molecule has 0 aliphatic rings. The zero-order valence-corrected chi connectivity index (χ0v) is 8.98. The summed E-state index contributed by atoms with van der Waals surface area (Å²) in [5, 5.41) is 0. The summed E-state index contributed by atoms with van der Waals surface area (Å²) >= 11 is 0. The molecule has 3 heterocycles. The smallest absolute Gasteiger partial charge is 0.202 e. The number of rotatable bonds is 2. The van der Waals surface area contributed by atoms with E-state index >= 15 is 0 Å². The molecule has 0 unspecified atom stereocenters. The van der Waals surface area contributed by atoms with Crippen LogP contribution in [0.25, 0.3) is 11.2 Å². The number of pyridine rings is 1. The lowest BCUT2D eigenvalue weighted by molar-refractivity contribution is 0.795. The van der Waals surface area contributed by atoms with E-state index in [0.717, 1.165) is 16.9 Å². The van der Waals surface area contributed by atoms with Gasteiger partial charge in [0.1, 0.15) is 11.8 Å². The van der Waals surface area contributed by atoms with Crippen LogP contribution >= 0.6 is 0 Å². The zero-order chi connectivity index (χ0) is 11.7. The Bertz CT molecular complexity index is 645. The van der Waals surface area contributed by atoms with E-state index in [-0.39, 0.29) is 0 Å². The second kappa shape index (κ2) is 3.82. The van der Waals surface area contributed by atoms with Crippen molar-refractivity contribution in [1.29, 1.82) is 0 Å². The van der Waals surface area contributed by atoms with Crippen LogP contribution in [0.1, 0.15) is 5.69 Å². The third-order valence-electron chi connectivity index (χ3n) is 2.50. The van der Waals surface area contributed by atoms with Crippen molar-refractivity contribution in [3.63, 3.8) is 0 Å². The third kappa shape index (κ3) is 1.69. The van der Waals surface area contributed by atoms with Gasteiger partial charge in [-0.1, -0.05) is 0 Å². The Hall–Kier alpha value is -2.50. The summed E-state index contributed by atoms with van der Waals surface area (Å²) in [6.07, 6.45) is 4.93. The highest BCUT2D eigenvalue weighted by Gasteiger charge is 2.09. The number of hydrogen-bond acceptors (Lipinski definition) is 5. The van der Waals surface area contributed by atoms with E-state index in [2.05, 4.69) is 19.9 Å². The minimum atomic E-state index is 0.442. The van der Waals surface area contributed by atoms with Crippen molar-refractivity contribution >= 4 is 17.1 Å². The summed E-state index contributed by atoms with van der Waals surface area (Å²) in [5.74, 6) is 0.442. The van der Waals surface area contributed by atoms with Gasteiger partial charge in [0, 0.05) is 12.4 Å². The van der Waals surface area contributed by atoms with Crippen LogP contribution in [0.2, 0.25) is 0 Å². The van der Waals surface area contributed by atoms with Gasteiger partial charge in [-0.2, -0.15) is 0 Å². The van der Waals surface area contributed by atoms with E-state index in [1.807, 2.05) is 22.8 Å². The highest BCUT2D eigenvalue weighted by atomic mass is 15.2. The van der Waals surface area contributed by atoms with Gasteiger partial charge in [0.2, 0.25) is 5.95 Å². The summed E-state index contributed by atoms with van der Waals surface area (Å²) < 4.78 is 1.83. The fourth-order valence-electron chi connectivity index (χ4n) is 1.71. The van der Waals surface area contributed by atoms with Crippen LogP contribution in [0.5, 0.6) is 0 Å². The molecule has 0 saturated carbocycles. The number of nitrogen functional groups attached to an aromatic ring is 1. The van der Waals surface area contributed by atoms with Crippen LogP contribution in [0.15, 0.2) is 36.9 Å². The number of anilines is 1. The van der Waals surface area contributed by atoms with Gasteiger partial charge in [-0.3, -0.25) is 4.57 Å². The first kappa shape index (κ1) is 9.71. The fourth-order valence-corrected chi connectivity index (χ4v) is 1.71. The van der Waals surface area contributed by atoms with Gasteiger partial charge in [-0.15, -0.1) is 0 Å². The van der Waals surface area contributed by atoms with Crippen LogP contribution in [0.3, 0.4) is 0 Å². The highest BCUT2D eigenvalue weighted by Crippen LogP contribution is 2.15. The molecule has 6 heteroatoms. The molecule has 0 aliphatic carbocycles. The van der Waals surface area contributed by atoms with Crippen LogP contribution < -0.4 is 5.73 Å². The van der Waals surface area contributed by atoms with Crippen molar-refractivity contribution in [1.82, 2.24) is 24.5 Å². The van der Waals surface area contributed by atoms with Gasteiger partial charge in [0.25, 0.3) is 0 Å². The average molecular weight is 226 g/mol. The maximum atomic E-state index is 5.87. The quantitative estimate of drug-likeness (QED) is 0.700. The molecule has 0 bridgehead atoms. The number of hydrogen-bond donors (Lipinski definition) is 1. The van der Waals surface area contributed by atoms with Gasteiger partial charge < -0.3 is 5.73 Å². The Morgan fingerprint density at radius 2 is 2.12 bits per heavy atom. The summed E-state index contributed by atoms with van der Waals surface area (Å²) in [4.78, 5) is 16.6. The second-order valence-electron chi connectivity index (χ2n) is 3.60. The molecule has 0 atom stereocenters. The molecule has 0 spiro atoms.